The number of H-pyrrole nitrogens is 1. The van der Waals surface area contributed by atoms with Crippen LogP contribution in [0.1, 0.15) is 23.9 Å². The van der Waals surface area contributed by atoms with Gasteiger partial charge in [0.05, 0.1) is 18.5 Å². The van der Waals surface area contributed by atoms with Gasteiger partial charge in [-0.25, -0.2) is 9.48 Å². The predicted molar refractivity (Wildman–Crippen MR) is 80.6 cm³/mol. The average Bonchev–Trinajstić information content (AvgIpc) is 3.04. The van der Waals surface area contributed by atoms with Gasteiger partial charge in [-0.3, -0.25) is 15.2 Å². The molecule has 2 rings (SSSR count). The number of aryl methyl sites for hydroxylation is 2. The smallest absolute Gasteiger partial charge is 0.412 e. The lowest BCUT2D eigenvalue weighted by Crippen LogP contribution is -2.27. The highest BCUT2D eigenvalue weighted by Crippen LogP contribution is 2.08. The van der Waals surface area contributed by atoms with Crippen LogP contribution in [0.25, 0.3) is 0 Å². The van der Waals surface area contributed by atoms with Crippen molar-refractivity contribution in [3.63, 3.8) is 0 Å². The highest BCUT2D eigenvalue weighted by atomic mass is 16.5. The van der Waals surface area contributed by atoms with Gasteiger partial charge in [0, 0.05) is 17.8 Å². The molecule has 10 nitrogen and oxygen atoms in total. The molecule has 0 spiro atoms. The summed E-state index contributed by atoms with van der Waals surface area (Å²) in [5.74, 6) is -0.00430. The molecule has 0 radical (unpaired) electrons. The second kappa shape index (κ2) is 7.38. The first kappa shape index (κ1) is 16.5. The summed E-state index contributed by atoms with van der Waals surface area (Å²) in [6.45, 7) is 6.10. The van der Waals surface area contributed by atoms with Crippen LogP contribution < -0.4 is 10.6 Å². The molecule has 0 saturated heterocycles. The van der Waals surface area contributed by atoms with Gasteiger partial charge < -0.3 is 10.1 Å². The van der Waals surface area contributed by atoms with E-state index in [-0.39, 0.29) is 24.9 Å². The van der Waals surface area contributed by atoms with E-state index >= 15 is 0 Å². The lowest BCUT2D eigenvalue weighted by Gasteiger charge is -2.05. The van der Waals surface area contributed by atoms with Crippen LogP contribution in [0, 0.1) is 13.8 Å². The molecule has 0 aliphatic heterocycles. The summed E-state index contributed by atoms with van der Waals surface area (Å²) < 4.78 is 6.05. The quantitative estimate of drug-likeness (QED) is 0.711. The number of anilines is 1. The number of carbonyl (C=O) groups is 2. The predicted octanol–water partition coefficient (Wildman–Crippen LogP) is 0.503. The van der Waals surface area contributed by atoms with Crippen molar-refractivity contribution in [1.29, 1.82) is 0 Å². The lowest BCUT2D eigenvalue weighted by molar-refractivity contribution is -0.122. The SMILES string of the molecule is CCOC(=O)Nc1cn(CC(=O)NCc2c(C)n[nH]c2C)nn1. The molecule has 2 heterocycles. The Morgan fingerprint density at radius 3 is 2.83 bits per heavy atom. The van der Waals surface area contributed by atoms with Gasteiger partial charge in [0.15, 0.2) is 5.82 Å². The van der Waals surface area contributed by atoms with Crippen molar-refractivity contribution in [1.82, 2.24) is 30.5 Å². The monoisotopic (exact) mass is 321 g/mol. The van der Waals surface area contributed by atoms with Crippen LogP contribution >= 0.6 is 0 Å². The summed E-state index contributed by atoms with van der Waals surface area (Å²) in [4.78, 5) is 23.2. The Balaban J connectivity index is 1.84. The summed E-state index contributed by atoms with van der Waals surface area (Å²) in [5.41, 5.74) is 2.73. The van der Waals surface area contributed by atoms with Crippen molar-refractivity contribution >= 4 is 17.8 Å². The maximum absolute atomic E-state index is 11.9. The zero-order valence-electron chi connectivity index (χ0n) is 13.2. The van der Waals surface area contributed by atoms with Crippen molar-refractivity contribution in [3.05, 3.63) is 23.1 Å². The Morgan fingerprint density at radius 2 is 2.17 bits per heavy atom. The third kappa shape index (κ3) is 4.53. The first-order chi connectivity index (χ1) is 11.0. The highest BCUT2D eigenvalue weighted by Gasteiger charge is 2.11. The standard InChI is InChI=1S/C13H19N7O3/c1-4-23-13(22)15-11-6-20(19-18-11)7-12(21)14-5-10-8(2)16-17-9(10)3/h6H,4-5,7H2,1-3H3,(H,14,21)(H,15,22)(H,16,17). The van der Waals surface area contributed by atoms with Gasteiger partial charge in [-0.05, 0) is 20.8 Å². The van der Waals surface area contributed by atoms with Crippen LogP contribution in [0.4, 0.5) is 10.6 Å². The maximum Gasteiger partial charge on any atom is 0.412 e. The molecule has 2 amide bonds. The lowest BCUT2D eigenvalue weighted by atomic mass is 10.2. The van der Waals surface area contributed by atoms with Crippen LogP contribution in [0.3, 0.4) is 0 Å². The van der Waals surface area contributed by atoms with Crippen LogP contribution in [0.5, 0.6) is 0 Å². The Labute approximate surface area is 132 Å². The minimum absolute atomic E-state index is 0.00650. The number of aromatic amines is 1. The first-order valence-corrected chi connectivity index (χ1v) is 7.10. The summed E-state index contributed by atoms with van der Waals surface area (Å²) in [6, 6.07) is 0. The topological polar surface area (TPSA) is 127 Å². The Morgan fingerprint density at radius 1 is 1.39 bits per heavy atom. The third-order valence-electron chi connectivity index (χ3n) is 3.09. The normalized spacial score (nSPS) is 10.4. The summed E-state index contributed by atoms with van der Waals surface area (Å²) >= 11 is 0. The molecule has 124 valence electrons. The van der Waals surface area contributed by atoms with E-state index in [0.29, 0.717) is 6.54 Å². The fraction of sp³-hybridized carbons (Fsp3) is 0.462. The summed E-state index contributed by atoms with van der Waals surface area (Å²) in [5, 5.41) is 19.6. The van der Waals surface area contributed by atoms with Gasteiger partial charge in [-0.1, -0.05) is 5.21 Å². The van der Waals surface area contributed by atoms with E-state index in [0.717, 1.165) is 17.0 Å². The minimum Gasteiger partial charge on any atom is -0.450 e. The molecule has 23 heavy (non-hydrogen) atoms. The molecule has 2 aromatic rings. The zero-order chi connectivity index (χ0) is 16.8. The van der Waals surface area contributed by atoms with E-state index in [1.54, 1.807) is 6.92 Å². The molecule has 0 fully saturated rings. The first-order valence-electron chi connectivity index (χ1n) is 7.10. The molecular weight excluding hydrogens is 302 g/mol. The molecule has 2 aromatic heterocycles. The van der Waals surface area contributed by atoms with Crippen LogP contribution in [0.15, 0.2) is 6.20 Å². The molecule has 0 aromatic carbocycles. The van der Waals surface area contributed by atoms with Crippen molar-refractivity contribution in [2.45, 2.75) is 33.9 Å². The van der Waals surface area contributed by atoms with Crippen LogP contribution in [-0.4, -0.2) is 43.8 Å². The minimum atomic E-state index is -0.616. The molecule has 0 bridgehead atoms. The van der Waals surface area contributed by atoms with Crippen molar-refractivity contribution in [2.75, 3.05) is 11.9 Å². The number of ether oxygens (including phenoxy) is 1. The average molecular weight is 321 g/mol. The van der Waals surface area contributed by atoms with E-state index in [9.17, 15) is 9.59 Å². The second-order valence-corrected chi connectivity index (χ2v) is 4.84. The highest BCUT2D eigenvalue weighted by molar-refractivity contribution is 5.83. The molecular formula is C13H19N7O3. The third-order valence-corrected chi connectivity index (χ3v) is 3.09. The second-order valence-electron chi connectivity index (χ2n) is 4.84. The largest absolute Gasteiger partial charge is 0.450 e. The summed E-state index contributed by atoms with van der Waals surface area (Å²) in [6.07, 6.45) is 0.833. The number of hydrogen-bond acceptors (Lipinski definition) is 6. The van der Waals surface area contributed by atoms with Crippen LogP contribution in [0.2, 0.25) is 0 Å². The van der Waals surface area contributed by atoms with E-state index in [2.05, 4.69) is 31.1 Å². The molecule has 3 N–H and O–H groups in total. The molecule has 0 unspecified atom stereocenters. The van der Waals surface area contributed by atoms with Gasteiger partial charge >= 0.3 is 6.09 Å². The molecule has 0 atom stereocenters. The fourth-order valence-electron chi connectivity index (χ4n) is 1.93. The molecule has 0 aliphatic carbocycles. The van der Waals surface area contributed by atoms with Crippen molar-refractivity contribution < 1.29 is 14.3 Å². The Kier molecular flexibility index (Phi) is 5.28. The van der Waals surface area contributed by atoms with E-state index in [4.69, 9.17) is 4.74 Å². The van der Waals surface area contributed by atoms with E-state index in [1.807, 2.05) is 13.8 Å². The van der Waals surface area contributed by atoms with Gasteiger partial charge in [0.1, 0.15) is 6.54 Å². The number of nitrogens with zero attached hydrogens (tertiary/aromatic N) is 4. The number of amides is 2. The van der Waals surface area contributed by atoms with E-state index in [1.165, 1.54) is 10.9 Å². The maximum atomic E-state index is 11.9. The number of nitrogens with one attached hydrogen (secondary N) is 3. The van der Waals surface area contributed by atoms with Gasteiger partial charge in [-0.2, -0.15) is 5.10 Å². The molecule has 10 heteroatoms. The number of hydrogen-bond donors (Lipinski definition) is 3. The number of carbonyl (C=O) groups excluding carboxylic acids is 2. The van der Waals surface area contributed by atoms with E-state index < -0.39 is 6.09 Å². The van der Waals surface area contributed by atoms with Gasteiger partial charge in [0.25, 0.3) is 0 Å². The van der Waals surface area contributed by atoms with Crippen molar-refractivity contribution in [3.8, 4) is 0 Å². The number of aromatic nitrogens is 5. The fourth-order valence-corrected chi connectivity index (χ4v) is 1.93. The van der Waals surface area contributed by atoms with Crippen LogP contribution in [-0.2, 0) is 22.6 Å². The Bertz CT molecular complexity index is 672. The molecule has 0 saturated carbocycles. The van der Waals surface area contributed by atoms with Crippen molar-refractivity contribution in [2.24, 2.45) is 0 Å². The molecule has 0 aliphatic rings. The zero-order valence-corrected chi connectivity index (χ0v) is 13.2. The number of rotatable bonds is 6. The van der Waals surface area contributed by atoms with Gasteiger partial charge in [0.2, 0.25) is 5.91 Å². The van der Waals surface area contributed by atoms with Gasteiger partial charge in [-0.15, -0.1) is 5.10 Å². The Hall–Kier alpha value is -2.91. The summed E-state index contributed by atoms with van der Waals surface area (Å²) in [7, 11) is 0.